The third-order valence-corrected chi connectivity index (χ3v) is 7.41. The number of aliphatic carboxylic acids is 1. The summed E-state index contributed by atoms with van der Waals surface area (Å²) in [6, 6.07) is 4.20. The summed E-state index contributed by atoms with van der Waals surface area (Å²) < 4.78 is 9.07. The summed E-state index contributed by atoms with van der Waals surface area (Å²) in [5.74, 6) is -0.154. The zero-order chi connectivity index (χ0) is 24.0. The Balaban J connectivity index is 1.61. The third-order valence-electron chi connectivity index (χ3n) is 7.22. The molecule has 2 aromatic heterocycles. The zero-order valence-corrected chi connectivity index (χ0v) is 20.0. The molecule has 0 spiro atoms. The number of carboxylic acid groups (broad SMARTS) is 1. The maximum Gasteiger partial charge on any atom is 0.414 e. The second kappa shape index (κ2) is 8.94. The van der Waals surface area contributed by atoms with Crippen LogP contribution in [0.1, 0.15) is 56.5 Å². The monoisotopic (exact) mass is 485 g/mol. The average molecular weight is 486 g/mol. The van der Waals surface area contributed by atoms with E-state index >= 15 is 0 Å². The van der Waals surface area contributed by atoms with Gasteiger partial charge in [-0.3, -0.25) is 14.4 Å². The number of rotatable bonds is 4. The van der Waals surface area contributed by atoms with Gasteiger partial charge in [0.2, 0.25) is 0 Å². The Morgan fingerprint density at radius 3 is 2.62 bits per heavy atom. The number of carbonyl (C=O) groups is 2. The van der Waals surface area contributed by atoms with Crippen LogP contribution in [0.4, 0.5) is 10.5 Å². The number of nitrogens with zero attached hydrogens (tertiary/aromatic N) is 5. The minimum Gasteiger partial charge on any atom is -0.481 e. The lowest BCUT2D eigenvalue weighted by atomic mass is 9.86. The second-order valence-electron chi connectivity index (χ2n) is 9.26. The first-order valence-electron chi connectivity index (χ1n) is 11.7. The fraction of sp³-hybridized carbons (Fsp3) is 0.500. The Hall–Kier alpha value is -3.07. The summed E-state index contributed by atoms with van der Waals surface area (Å²) in [6.45, 7) is 2.47. The number of hydrogen-bond donors (Lipinski definition) is 1. The van der Waals surface area contributed by atoms with Gasteiger partial charge < -0.3 is 14.4 Å². The van der Waals surface area contributed by atoms with Crippen LogP contribution in [-0.2, 0) is 22.5 Å². The molecule has 9 nitrogen and oxygen atoms in total. The maximum absolute atomic E-state index is 12.5. The van der Waals surface area contributed by atoms with Crippen molar-refractivity contribution in [3.05, 3.63) is 40.9 Å². The highest BCUT2D eigenvalue weighted by molar-refractivity contribution is 6.30. The van der Waals surface area contributed by atoms with E-state index in [-0.39, 0.29) is 24.1 Å². The number of carboxylic acids is 1. The summed E-state index contributed by atoms with van der Waals surface area (Å²) in [5.41, 5.74) is 3.77. The van der Waals surface area contributed by atoms with Crippen LogP contribution in [0, 0.1) is 5.92 Å². The normalized spacial score (nSPS) is 22.6. The number of imidazole rings is 1. The van der Waals surface area contributed by atoms with Crippen molar-refractivity contribution >= 4 is 40.4 Å². The minimum absolute atomic E-state index is 0.0384. The second-order valence-corrected chi connectivity index (χ2v) is 9.69. The molecule has 1 saturated carbocycles. The highest BCUT2D eigenvalue weighted by atomic mass is 35.5. The first kappa shape index (κ1) is 22.7. The van der Waals surface area contributed by atoms with E-state index in [0.717, 1.165) is 53.8 Å². The number of ether oxygens (including phenoxy) is 1. The Morgan fingerprint density at radius 1 is 1.21 bits per heavy atom. The molecule has 10 heteroatoms. The van der Waals surface area contributed by atoms with E-state index in [1.165, 1.54) is 7.11 Å². The van der Waals surface area contributed by atoms with Crippen molar-refractivity contribution in [2.75, 3.05) is 12.0 Å². The molecule has 1 atom stereocenters. The molecule has 1 N–H and O–H groups in total. The average Bonchev–Trinajstić information content (AvgIpc) is 3.41. The molecule has 1 fully saturated rings. The van der Waals surface area contributed by atoms with E-state index in [0.29, 0.717) is 24.4 Å². The number of aryl methyl sites for hydroxylation is 1. The first-order chi connectivity index (χ1) is 16.4. The molecular weight excluding hydrogens is 458 g/mol. The topological polar surface area (TPSA) is 102 Å². The maximum atomic E-state index is 12.5. The number of halogens is 1. The molecule has 34 heavy (non-hydrogen) atoms. The molecule has 2 aliphatic rings. The minimum atomic E-state index is -0.716. The molecule has 3 heterocycles. The van der Waals surface area contributed by atoms with Crippen LogP contribution in [0.25, 0.3) is 11.0 Å². The van der Waals surface area contributed by atoms with E-state index in [1.54, 1.807) is 22.0 Å². The van der Waals surface area contributed by atoms with Crippen molar-refractivity contribution in [2.24, 2.45) is 5.92 Å². The van der Waals surface area contributed by atoms with Crippen LogP contribution in [-0.4, -0.2) is 49.7 Å². The molecule has 5 rings (SSSR count). The molecule has 1 aliphatic heterocycles. The van der Waals surface area contributed by atoms with Gasteiger partial charge in [-0.2, -0.15) is 5.10 Å². The summed E-state index contributed by atoms with van der Waals surface area (Å²) >= 11 is 6.09. The number of amides is 1. The molecule has 0 saturated heterocycles. The summed E-state index contributed by atoms with van der Waals surface area (Å²) in [4.78, 5) is 30.8. The summed E-state index contributed by atoms with van der Waals surface area (Å²) in [6.07, 6.45) is 7.48. The number of hydrogen-bond acceptors (Lipinski definition) is 5. The van der Waals surface area contributed by atoms with Gasteiger partial charge in [0.15, 0.2) is 0 Å². The number of methoxy groups -OCH3 is 1. The lowest BCUT2D eigenvalue weighted by molar-refractivity contribution is -0.143. The Labute approximate surface area is 202 Å². The van der Waals surface area contributed by atoms with Crippen LogP contribution in [0.15, 0.2) is 24.5 Å². The molecule has 1 unspecified atom stereocenters. The van der Waals surface area contributed by atoms with Gasteiger partial charge in [0.05, 0.1) is 47.5 Å². The molecule has 1 aromatic carbocycles. The van der Waals surface area contributed by atoms with Crippen molar-refractivity contribution in [1.82, 2.24) is 19.3 Å². The number of benzene rings is 1. The van der Waals surface area contributed by atoms with Crippen molar-refractivity contribution < 1.29 is 19.4 Å². The fourth-order valence-corrected chi connectivity index (χ4v) is 5.65. The van der Waals surface area contributed by atoms with Crippen LogP contribution in [0.3, 0.4) is 0 Å². The van der Waals surface area contributed by atoms with Gasteiger partial charge in [-0.15, -0.1) is 0 Å². The van der Waals surface area contributed by atoms with Gasteiger partial charge in [0, 0.05) is 23.8 Å². The van der Waals surface area contributed by atoms with Gasteiger partial charge in [0.1, 0.15) is 5.82 Å². The predicted molar refractivity (Wildman–Crippen MR) is 127 cm³/mol. The van der Waals surface area contributed by atoms with Crippen LogP contribution in [0.2, 0.25) is 5.02 Å². The van der Waals surface area contributed by atoms with E-state index in [4.69, 9.17) is 21.3 Å². The molecule has 3 aromatic rings. The molecule has 1 aliphatic carbocycles. The van der Waals surface area contributed by atoms with Crippen molar-refractivity contribution in [2.45, 2.75) is 64.1 Å². The van der Waals surface area contributed by atoms with Gasteiger partial charge in [-0.05, 0) is 57.6 Å². The van der Waals surface area contributed by atoms with Crippen molar-refractivity contribution in [1.29, 1.82) is 0 Å². The van der Waals surface area contributed by atoms with Crippen LogP contribution >= 0.6 is 11.6 Å². The van der Waals surface area contributed by atoms with E-state index in [1.807, 2.05) is 19.1 Å². The Kier molecular flexibility index (Phi) is 5.97. The van der Waals surface area contributed by atoms with Crippen molar-refractivity contribution in [3.8, 4) is 0 Å². The number of fused-ring (bicyclic) bond motifs is 3. The van der Waals surface area contributed by atoms with Gasteiger partial charge in [0.25, 0.3) is 0 Å². The molecule has 0 radical (unpaired) electrons. The van der Waals surface area contributed by atoms with Gasteiger partial charge in [-0.25, -0.2) is 9.78 Å². The van der Waals surface area contributed by atoms with E-state index in [2.05, 4.69) is 9.67 Å². The van der Waals surface area contributed by atoms with E-state index in [9.17, 15) is 14.7 Å². The Morgan fingerprint density at radius 2 is 1.97 bits per heavy atom. The summed E-state index contributed by atoms with van der Waals surface area (Å²) in [7, 11) is 1.40. The lowest BCUT2D eigenvalue weighted by Gasteiger charge is -2.34. The smallest absolute Gasteiger partial charge is 0.414 e. The fourth-order valence-electron chi connectivity index (χ4n) is 5.49. The number of anilines is 1. The van der Waals surface area contributed by atoms with E-state index < -0.39 is 5.97 Å². The highest BCUT2D eigenvalue weighted by Crippen LogP contribution is 2.40. The SMILES string of the molecule is COC(=O)N1c2ccc3c(nc(Cn4cc(Cl)cn4)n3C3CCC(C(=O)O)CC3)c2CCC1C. The zero-order valence-electron chi connectivity index (χ0n) is 19.3. The molecule has 1 amide bonds. The molecule has 0 bridgehead atoms. The quantitative estimate of drug-likeness (QED) is 0.576. The number of aromatic nitrogens is 4. The lowest BCUT2D eigenvalue weighted by Crippen LogP contribution is -2.42. The standard InChI is InChI=1S/C24H28ClN5O4/c1-14-3-8-18-19(29(14)24(33)34-2)9-10-20-22(18)27-21(13-28-12-16(25)11-26-28)30(20)17-6-4-15(5-7-17)23(31)32/h9-12,14-15,17H,3-8,13H2,1-2H3,(H,31,32). The first-order valence-corrected chi connectivity index (χ1v) is 12.1. The van der Waals surface area contributed by atoms with Crippen molar-refractivity contribution in [3.63, 3.8) is 0 Å². The van der Waals surface area contributed by atoms with Gasteiger partial charge >= 0.3 is 12.1 Å². The van der Waals surface area contributed by atoms with Crippen LogP contribution in [0.5, 0.6) is 0 Å². The van der Waals surface area contributed by atoms with Gasteiger partial charge in [-0.1, -0.05) is 11.6 Å². The Bertz CT molecular complexity index is 1240. The molecule has 180 valence electrons. The number of carbonyl (C=O) groups excluding carboxylic acids is 1. The third kappa shape index (κ3) is 3.91. The van der Waals surface area contributed by atoms with Crippen LogP contribution < -0.4 is 4.90 Å². The highest BCUT2D eigenvalue weighted by Gasteiger charge is 2.33. The predicted octanol–water partition coefficient (Wildman–Crippen LogP) is 4.66. The summed E-state index contributed by atoms with van der Waals surface area (Å²) in [5, 5.41) is 14.3. The largest absolute Gasteiger partial charge is 0.481 e. The molecular formula is C24H28ClN5O4.